The molecule has 1 rings (SSSR count). The van der Waals surface area contributed by atoms with Crippen LogP contribution in [0.15, 0.2) is 0 Å². The van der Waals surface area contributed by atoms with E-state index in [1.165, 1.54) is 89.9 Å². The van der Waals surface area contributed by atoms with E-state index in [9.17, 15) is 9.59 Å². The first-order valence-corrected chi connectivity index (χ1v) is 11.9. The molecule has 0 bridgehead atoms. The second-order valence-electron chi connectivity index (χ2n) is 8.19. The Morgan fingerprint density at radius 2 is 1.04 bits per heavy atom. The van der Waals surface area contributed by atoms with Gasteiger partial charge < -0.3 is 5.11 Å². The molecule has 0 saturated heterocycles. The first kappa shape index (κ1) is 30.0. The van der Waals surface area contributed by atoms with Crippen molar-refractivity contribution in [3.05, 3.63) is 0 Å². The number of rotatable bonds is 16. The minimum absolute atomic E-state index is 0. The summed E-state index contributed by atoms with van der Waals surface area (Å²) < 4.78 is 0. The number of carboxylic acid groups (broad SMARTS) is 1. The third-order valence-electron chi connectivity index (χ3n) is 5.41. The minimum Gasteiger partial charge on any atom is -0.481 e. The van der Waals surface area contributed by atoms with Crippen LogP contribution in [-0.2, 0) is 29.1 Å². The molecule has 0 aromatic rings. The molecule has 0 spiro atoms. The molecule has 1 fully saturated rings. The largest absolute Gasteiger partial charge is 0.481 e. The predicted octanol–water partition coefficient (Wildman–Crippen LogP) is 7.85. The molecular formula is C24H46O3Zn. The van der Waals surface area contributed by atoms with Crippen LogP contribution in [0.3, 0.4) is 0 Å². The van der Waals surface area contributed by atoms with Crippen molar-refractivity contribution in [1.29, 1.82) is 0 Å². The molecule has 0 atom stereocenters. The Morgan fingerprint density at radius 3 is 1.32 bits per heavy atom. The first-order valence-electron chi connectivity index (χ1n) is 11.9. The zero-order valence-corrected chi connectivity index (χ0v) is 21.8. The van der Waals surface area contributed by atoms with Crippen LogP contribution < -0.4 is 0 Å². The average Bonchev–Trinajstić information content (AvgIpc) is 2.66. The van der Waals surface area contributed by atoms with Gasteiger partial charge in [-0.2, -0.15) is 0 Å². The Hall–Kier alpha value is -0.237. The summed E-state index contributed by atoms with van der Waals surface area (Å²) in [7, 11) is 0. The summed E-state index contributed by atoms with van der Waals surface area (Å²) in [5.74, 6) is -0.189. The maximum atomic E-state index is 10.5. The molecule has 1 N–H and O–H groups in total. The predicted molar refractivity (Wildman–Crippen MR) is 115 cm³/mol. The van der Waals surface area contributed by atoms with Crippen LogP contribution in [0.25, 0.3) is 0 Å². The molecule has 0 heterocycles. The molecule has 0 aromatic carbocycles. The molecule has 0 aliphatic heterocycles. The third kappa shape index (κ3) is 25.8. The molecular weight excluding hydrogens is 402 g/mol. The van der Waals surface area contributed by atoms with E-state index in [0.717, 1.165) is 38.5 Å². The summed E-state index contributed by atoms with van der Waals surface area (Å²) in [4.78, 5) is 20.8. The Bertz CT molecular complexity index is 337. The Balaban J connectivity index is 0. The number of hydrogen-bond donors (Lipinski definition) is 1. The molecule has 1 aliphatic rings. The molecule has 0 amide bonds. The van der Waals surface area contributed by atoms with E-state index in [1.807, 2.05) is 0 Å². The first-order chi connectivity index (χ1) is 13.2. The summed E-state index contributed by atoms with van der Waals surface area (Å²) >= 11 is 0. The van der Waals surface area contributed by atoms with Crippen LogP contribution in [-0.4, -0.2) is 16.9 Å². The smallest absolute Gasteiger partial charge is 0.303 e. The molecule has 0 radical (unpaired) electrons. The molecule has 0 aromatic heterocycles. The number of hydrogen-bond acceptors (Lipinski definition) is 2. The molecule has 1 aliphatic carbocycles. The summed E-state index contributed by atoms with van der Waals surface area (Å²) in [6, 6.07) is 0. The molecule has 3 nitrogen and oxygen atoms in total. The normalized spacial score (nSPS) is 13.4. The molecule has 28 heavy (non-hydrogen) atoms. The number of aliphatic carboxylic acids is 1. The third-order valence-corrected chi connectivity index (χ3v) is 5.41. The quantitative estimate of drug-likeness (QED) is 0.193. The van der Waals surface area contributed by atoms with Crippen molar-refractivity contribution in [1.82, 2.24) is 0 Å². The van der Waals surface area contributed by atoms with Crippen molar-refractivity contribution in [3.8, 4) is 0 Å². The van der Waals surface area contributed by atoms with Crippen molar-refractivity contribution in [2.45, 2.75) is 142 Å². The van der Waals surface area contributed by atoms with Gasteiger partial charge in [-0.25, -0.2) is 0 Å². The number of ketones is 1. The minimum atomic E-state index is -0.653. The Labute approximate surface area is 187 Å². The van der Waals surface area contributed by atoms with Crippen molar-refractivity contribution in [2.24, 2.45) is 0 Å². The van der Waals surface area contributed by atoms with Crippen LogP contribution in [0.2, 0.25) is 0 Å². The van der Waals surface area contributed by atoms with E-state index in [0.29, 0.717) is 12.2 Å². The van der Waals surface area contributed by atoms with Crippen molar-refractivity contribution in [3.63, 3.8) is 0 Å². The van der Waals surface area contributed by atoms with E-state index >= 15 is 0 Å². The summed E-state index contributed by atoms with van der Waals surface area (Å²) in [6.07, 6.45) is 25.4. The van der Waals surface area contributed by atoms with E-state index in [-0.39, 0.29) is 19.5 Å². The zero-order valence-electron chi connectivity index (χ0n) is 18.8. The van der Waals surface area contributed by atoms with Gasteiger partial charge >= 0.3 is 5.97 Å². The monoisotopic (exact) mass is 446 g/mol. The standard InChI is InChI=1S/C18H36O2.C6H10O.Zn/c1-2-3-4-5-6-7-8-9-10-11-12-13-14-15-16-17-18(19)20;7-6-4-2-1-3-5-6;/h2-17H2,1H3,(H,19,20);1-5H2;. The van der Waals surface area contributed by atoms with E-state index < -0.39 is 5.97 Å². The number of carbonyl (C=O) groups is 2. The van der Waals surface area contributed by atoms with Gasteiger partial charge in [0.25, 0.3) is 0 Å². The van der Waals surface area contributed by atoms with Crippen molar-refractivity contribution >= 4 is 11.8 Å². The van der Waals surface area contributed by atoms with E-state index in [2.05, 4.69) is 6.92 Å². The van der Waals surface area contributed by atoms with Gasteiger partial charge in [0.1, 0.15) is 5.78 Å². The van der Waals surface area contributed by atoms with Crippen LogP contribution in [0.1, 0.15) is 142 Å². The molecule has 0 unspecified atom stereocenters. The summed E-state index contributed by atoms with van der Waals surface area (Å²) in [6.45, 7) is 2.27. The number of carbonyl (C=O) groups excluding carboxylic acids is 1. The second-order valence-corrected chi connectivity index (χ2v) is 8.19. The fourth-order valence-electron chi connectivity index (χ4n) is 3.59. The summed E-state index contributed by atoms with van der Waals surface area (Å²) in [5.41, 5.74) is 0. The topological polar surface area (TPSA) is 54.4 Å². The van der Waals surface area contributed by atoms with Gasteiger partial charge in [-0.05, 0) is 19.3 Å². The molecule has 1 saturated carbocycles. The van der Waals surface area contributed by atoms with Crippen LogP contribution in [0.4, 0.5) is 0 Å². The van der Waals surface area contributed by atoms with E-state index in [1.54, 1.807) is 0 Å². The Morgan fingerprint density at radius 1 is 0.679 bits per heavy atom. The van der Waals surface area contributed by atoms with Gasteiger partial charge in [0.2, 0.25) is 0 Å². The molecule has 4 heteroatoms. The number of unbranched alkanes of at least 4 members (excludes halogenated alkanes) is 14. The van der Waals surface area contributed by atoms with Gasteiger partial charge in [-0.1, -0.05) is 103 Å². The number of Topliss-reactive ketones (excluding diaryl/α,β-unsaturated/α-hetero) is 1. The molecule has 162 valence electrons. The van der Waals surface area contributed by atoms with Gasteiger partial charge in [-0.15, -0.1) is 0 Å². The SMILES string of the molecule is CCCCCCCCCCCCCCCCCC(=O)O.O=C1CCCCC1.[Zn]. The fourth-order valence-corrected chi connectivity index (χ4v) is 3.59. The van der Waals surface area contributed by atoms with Crippen molar-refractivity contribution in [2.75, 3.05) is 0 Å². The number of carboxylic acids is 1. The van der Waals surface area contributed by atoms with Crippen molar-refractivity contribution < 1.29 is 34.2 Å². The van der Waals surface area contributed by atoms with Crippen LogP contribution >= 0.6 is 0 Å². The van der Waals surface area contributed by atoms with Gasteiger partial charge in [0.05, 0.1) is 0 Å². The Kier molecular flexibility index (Phi) is 26.5. The zero-order chi connectivity index (χ0) is 20.0. The average molecular weight is 448 g/mol. The maximum Gasteiger partial charge on any atom is 0.303 e. The second kappa shape index (κ2) is 24.8. The van der Waals surface area contributed by atoms with Gasteiger partial charge in [0.15, 0.2) is 0 Å². The maximum absolute atomic E-state index is 10.5. The van der Waals surface area contributed by atoms with E-state index in [4.69, 9.17) is 5.11 Å². The summed E-state index contributed by atoms with van der Waals surface area (Å²) in [5, 5.41) is 8.52. The van der Waals surface area contributed by atoms with Crippen LogP contribution in [0, 0.1) is 0 Å². The fraction of sp³-hybridized carbons (Fsp3) is 0.917. The van der Waals surface area contributed by atoms with Crippen LogP contribution in [0.5, 0.6) is 0 Å². The van der Waals surface area contributed by atoms with Gasteiger partial charge in [0, 0.05) is 38.7 Å². The van der Waals surface area contributed by atoms with Gasteiger partial charge in [-0.3, -0.25) is 9.59 Å².